The highest BCUT2D eigenvalue weighted by Gasteiger charge is 2.46. The van der Waals surface area contributed by atoms with Crippen LogP contribution in [-0.4, -0.2) is 66.0 Å². The smallest absolute Gasteiger partial charge is 0.272 e. The minimum atomic E-state index is -1.14. The van der Waals surface area contributed by atoms with Gasteiger partial charge in [-0.25, -0.2) is 0 Å². The van der Waals surface area contributed by atoms with Crippen LogP contribution in [0.3, 0.4) is 0 Å². The van der Waals surface area contributed by atoms with Gasteiger partial charge in [0.2, 0.25) is 0 Å². The molecular formula is C27H29N3O3. The molecule has 6 nitrogen and oxygen atoms in total. The molecule has 1 aromatic heterocycles. The maximum absolute atomic E-state index is 13.3. The van der Waals surface area contributed by atoms with E-state index in [0.29, 0.717) is 25.3 Å². The number of amides is 2. The number of rotatable bonds is 5. The van der Waals surface area contributed by atoms with Crippen LogP contribution in [0.15, 0.2) is 72.9 Å². The van der Waals surface area contributed by atoms with E-state index in [1.807, 2.05) is 18.2 Å². The highest BCUT2D eigenvalue weighted by atomic mass is 16.5. The lowest BCUT2D eigenvalue weighted by Gasteiger charge is -2.42. The van der Waals surface area contributed by atoms with E-state index in [2.05, 4.69) is 42.2 Å². The van der Waals surface area contributed by atoms with Crippen molar-refractivity contribution in [2.45, 2.75) is 18.9 Å². The SMILES string of the molecule is Cc1cccc(-c2ccc(C[C@@]3(C(=O)N(C)C)CN(C(=O)c4ccccn4)CCO3)cc2)c1. The molecule has 170 valence electrons. The van der Waals surface area contributed by atoms with Crippen molar-refractivity contribution in [1.29, 1.82) is 0 Å². The number of benzene rings is 2. The molecule has 1 aliphatic heterocycles. The van der Waals surface area contributed by atoms with Gasteiger partial charge in [0.15, 0.2) is 5.60 Å². The van der Waals surface area contributed by atoms with Crippen LogP contribution in [0.1, 0.15) is 21.6 Å². The lowest BCUT2D eigenvalue weighted by Crippen LogP contribution is -2.61. The lowest BCUT2D eigenvalue weighted by molar-refractivity contribution is -0.165. The molecule has 2 heterocycles. The topological polar surface area (TPSA) is 62.7 Å². The molecule has 0 bridgehead atoms. The van der Waals surface area contributed by atoms with Gasteiger partial charge in [-0.05, 0) is 35.7 Å². The first-order valence-electron chi connectivity index (χ1n) is 11.1. The highest BCUT2D eigenvalue weighted by Crippen LogP contribution is 2.28. The lowest BCUT2D eigenvalue weighted by atomic mass is 9.89. The number of nitrogens with zero attached hydrogens (tertiary/aromatic N) is 3. The molecule has 0 N–H and O–H groups in total. The van der Waals surface area contributed by atoms with Crippen LogP contribution >= 0.6 is 0 Å². The molecule has 0 unspecified atom stereocenters. The summed E-state index contributed by atoms with van der Waals surface area (Å²) in [5, 5.41) is 0. The highest BCUT2D eigenvalue weighted by molar-refractivity contribution is 5.93. The van der Waals surface area contributed by atoms with Crippen LogP contribution in [0.25, 0.3) is 11.1 Å². The second-order valence-electron chi connectivity index (χ2n) is 8.73. The molecule has 4 rings (SSSR count). The summed E-state index contributed by atoms with van der Waals surface area (Å²) in [5.41, 5.74) is 3.69. The summed E-state index contributed by atoms with van der Waals surface area (Å²) in [7, 11) is 3.43. The summed E-state index contributed by atoms with van der Waals surface area (Å²) in [6.45, 7) is 2.97. The molecule has 2 aromatic carbocycles. The molecular weight excluding hydrogens is 414 g/mol. The normalized spacial score (nSPS) is 18.1. The predicted octanol–water partition coefficient (Wildman–Crippen LogP) is 3.60. The van der Waals surface area contributed by atoms with Crippen molar-refractivity contribution in [1.82, 2.24) is 14.8 Å². The molecule has 1 aliphatic rings. The van der Waals surface area contributed by atoms with Crippen molar-refractivity contribution < 1.29 is 14.3 Å². The average molecular weight is 444 g/mol. The number of carbonyl (C=O) groups excluding carboxylic acids is 2. The third-order valence-electron chi connectivity index (χ3n) is 5.95. The maximum Gasteiger partial charge on any atom is 0.272 e. The zero-order valence-electron chi connectivity index (χ0n) is 19.3. The van der Waals surface area contributed by atoms with Crippen LogP contribution in [-0.2, 0) is 16.0 Å². The number of carbonyl (C=O) groups is 2. The summed E-state index contributed by atoms with van der Waals surface area (Å²) in [5.74, 6) is -0.339. The van der Waals surface area contributed by atoms with Crippen LogP contribution in [0, 0.1) is 6.92 Å². The van der Waals surface area contributed by atoms with Gasteiger partial charge in [0.25, 0.3) is 11.8 Å². The molecule has 0 aliphatic carbocycles. The Morgan fingerprint density at radius 3 is 2.48 bits per heavy atom. The van der Waals surface area contributed by atoms with Crippen molar-refractivity contribution in [3.8, 4) is 11.1 Å². The summed E-state index contributed by atoms with van der Waals surface area (Å²) in [6, 6.07) is 21.8. The fourth-order valence-electron chi connectivity index (χ4n) is 4.30. The number of hydrogen-bond acceptors (Lipinski definition) is 4. The van der Waals surface area contributed by atoms with Gasteiger partial charge in [0.1, 0.15) is 5.69 Å². The summed E-state index contributed by atoms with van der Waals surface area (Å²) in [4.78, 5) is 33.7. The Morgan fingerprint density at radius 1 is 1.03 bits per heavy atom. The molecule has 0 saturated carbocycles. The predicted molar refractivity (Wildman–Crippen MR) is 128 cm³/mol. The fraction of sp³-hybridized carbons (Fsp3) is 0.296. The molecule has 3 aromatic rings. The van der Waals surface area contributed by atoms with E-state index in [-0.39, 0.29) is 18.4 Å². The van der Waals surface area contributed by atoms with E-state index in [1.54, 1.807) is 43.4 Å². The Morgan fingerprint density at radius 2 is 1.82 bits per heavy atom. The maximum atomic E-state index is 13.3. The molecule has 1 saturated heterocycles. The largest absolute Gasteiger partial charge is 0.361 e. The number of morpholine rings is 1. The number of ether oxygens (including phenoxy) is 1. The second kappa shape index (κ2) is 9.55. The first-order chi connectivity index (χ1) is 15.9. The first-order valence-corrected chi connectivity index (χ1v) is 11.1. The quantitative estimate of drug-likeness (QED) is 0.605. The summed E-state index contributed by atoms with van der Waals surface area (Å²) >= 11 is 0. The first kappa shape index (κ1) is 22.7. The summed E-state index contributed by atoms with van der Waals surface area (Å²) in [6.07, 6.45) is 1.98. The van der Waals surface area contributed by atoms with Gasteiger partial charge >= 0.3 is 0 Å². The van der Waals surface area contributed by atoms with E-state index in [4.69, 9.17) is 4.74 Å². The van der Waals surface area contributed by atoms with E-state index in [9.17, 15) is 9.59 Å². The Labute approximate surface area is 194 Å². The third-order valence-corrected chi connectivity index (χ3v) is 5.95. The van der Waals surface area contributed by atoms with Crippen LogP contribution in [0.2, 0.25) is 0 Å². The Balaban J connectivity index is 1.59. The van der Waals surface area contributed by atoms with Gasteiger partial charge in [-0.15, -0.1) is 0 Å². The summed E-state index contributed by atoms with van der Waals surface area (Å²) < 4.78 is 6.13. The van der Waals surface area contributed by atoms with Gasteiger partial charge < -0.3 is 14.5 Å². The molecule has 2 amide bonds. The number of pyridine rings is 1. The minimum absolute atomic E-state index is 0.149. The number of aromatic nitrogens is 1. The van der Waals surface area contributed by atoms with Gasteiger partial charge in [0.05, 0.1) is 13.2 Å². The van der Waals surface area contributed by atoms with Crippen LogP contribution in [0.4, 0.5) is 0 Å². The zero-order valence-corrected chi connectivity index (χ0v) is 19.3. The van der Waals surface area contributed by atoms with Crippen molar-refractivity contribution in [2.75, 3.05) is 33.8 Å². The number of likely N-dealkylation sites (N-methyl/N-ethyl adjacent to an activating group) is 1. The molecule has 33 heavy (non-hydrogen) atoms. The molecule has 0 spiro atoms. The minimum Gasteiger partial charge on any atom is -0.361 e. The van der Waals surface area contributed by atoms with Crippen molar-refractivity contribution >= 4 is 11.8 Å². The number of hydrogen-bond donors (Lipinski definition) is 0. The van der Waals surface area contributed by atoms with Crippen molar-refractivity contribution in [3.05, 3.63) is 89.7 Å². The molecule has 0 radical (unpaired) electrons. The third kappa shape index (κ3) is 4.96. The van der Waals surface area contributed by atoms with Gasteiger partial charge in [-0.1, -0.05) is 60.2 Å². The monoisotopic (exact) mass is 443 g/mol. The Hall–Kier alpha value is -3.51. The van der Waals surface area contributed by atoms with E-state index >= 15 is 0 Å². The molecule has 6 heteroatoms. The van der Waals surface area contributed by atoms with Crippen LogP contribution in [0.5, 0.6) is 0 Å². The Kier molecular flexibility index (Phi) is 6.56. The molecule has 1 atom stereocenters. The van der Waals surface area contributed by atoms with Gasteiger partial charge in [-0.2, -0.15) is 0 Å². The zero-order chi connectivity index (χ0) is 23.4. The van der Waals surface area contributed by atoms with Gasteiger partial charge in [0, 0.05) is 33.3 Å². The molecule has 1 fully saturated rings. The van der Waals surface area contributed by atoms with Crippen molar-refractivity contribution in [3.63, 3.8) is 0 Å². The average Bonchev–Trinajstić information content (AvgIpc) is 2.84. The van der Waals surface area contributed by atoms with E-state index in [1.165, 1.54) is 10.5 Å². The standard InChI is InChI=1S/C27H29N3O3/c1-20-7-6-8-23(17-20)22-12-10-21(11-13-22)18-27(26(32)29(2)3)19-30(15-16-33-27)25(31)24-9-4-5-14-28-24/h4-14,17H,15-16,18-19H2,1-3H3/t27-/m0/s1. The Bertz CT molecular complexity index is 1130. The number of aryl methyl sites for hydroxylation is 1. The van der Waals surface area contributed by atoms with Gasteiger partial charge in [-0.3, -0.25) is 14.6 Å². The van der Waals surface area contributed by atoms with Crippen molar-refractivity contribution in [2.24, 2.45) is 0 Å². The second-order valence-corrected chi connectivity index (χ2v) is 8.73. The van der Waals surface area contributed by atoms with Crippen LogP contribution < -0.4 is 0 Å². The van der Waals surface area contributed by atoms with E-state index < -0.39 is 5.60 Å². The van der Waals surface area contributed by atoms with E-state index in [0.717, 1.165) is 16.7 Å². The fourth-order valence-corrected chi connectivity index (χ4v) is 4.30.